The van der Waals surface area contributed by atoms with E-state index in [2.05, 4.69) is 10.2 Å². The molecule has 1 heterocycles. The largest absolute Gasteiger partial charge is 0.396 e. The van der Waals surface area contributed by atoms with Gasteiger partial charge in [0.05, 0.1) is 19.1 Å². The molecule has 2 N–H and O–H groups in total. The molecule has 0 spiro atoms. The number of aliphatic hydroxyl groups excluding tert-OH is 1. The van der Waals surface area contributed by atoms with Gasteiger partial charge >= 0.3 is 0 Å². The van der Waals surface area contributed by atoms with Gasteiger partial charge in [-0.1, -0.05) is 12.8 Å². The number of carbonyl (C=O) groups is 1. The third-order valence-electron chi connectivity index (χ3n) is 4.89. The van der Waals surface area contributed by atoms with Gasteiger partial charge in [-0.05, 0) is 25.8 Å². The van der Waals surface area contributed by atoms with Gasteiger partial charge < -0.3 is 20.1 Å². The number of likely N-dealkylation sites (tertiary alicyclic amines) is 1. The van der Waals surface area contributed by atoms with Crippen LogP contribution in [-0.4, -0.2) is 62.4 Å². The summed E-state index contributed by atoms with van der Waals surface area (Å²) in [7, 11) is 1.70. The first kappa shape index (κ1) is 15.7. The van der Waals surface area contributed by atoms with Crippen molar-refractivity contribution < 1.29 is 14.6 Å². The molecule has 0 aromatic heterocycles. The molecule has 20 heavy (non-hydrogen) atoms. The van der Waals surface area contributed by atoms with Gasteiger partial charge in [0.15, 0.2) is 0 Å². The predicted molar refractivity (Wildman–Crippen MR) is 77.4 cm³/mol. The Bertz CT molecular complexity index is 316. The number of hydrogen-bond donors (Lipinski definition) is 2. The molecule has 116 valence electrons. The van der Waals surface area contributed by atoms with Gasteiger partial charge in [0.1, 0.15) is 0 Å². The van der Waals surface area contributed by atoms with Crippen molar-refractivity contribution in [2.45, 2.75) is 32.1 Å². The average Bonchev–Trinajstić information content (AvgIpc) is 3.12. The van der Waals surface area contributed by atoms with Gasteiger partial charge in [0, 0.05) is 32.2 Å². The van der Waals surface area contributed by atoms with Gasteiger partial charge in [-0.25, -0.2) is 0 Å². The summed E-state index contributed by atoms with van der Waals surface area (Å²) < 4.78 is 5.07. The molecule has 2 rings (SSSR count). The van der Waals surface area contributed by atoms with Crippen LogP contribution in [-0.2, 0) is 9.53 Å². The Hall–Kier alpha value is -0.650. The van der Waals surface area contributed by atoms with Crippen LogP contribution in [0.15, 0.2) is 0 Å². The molecule has 1 atom stereocenters. The van der Waals surface area contributed by atoms with Crippen molar-refractivity contribution in [1.29, 1.82) is 0 Å². The summed E-state index contributed by atoms with van der Waals surface area (Å²) in [5, 5.41) is 12.6. The predicted octanol–water partition coefficient (Wildman–Crippen LogP) is 0.624. The number of hydrogen-bond acceptors (Lipinski definition) is 4. The topological polar surface area (TPSA) is 61.8 Å². The Morgan fingerprint density at radius 3 is 2.85 bits per heavy atom. The number of aliphatic hydroxyl groups is 1. The van der Waals surface area contributed by atoms with Crippen molar-refractivity contribution in [3.8, 4) is 0 Å². The highest BCUT2D eigenvalue weighted by Crippen LogP contribution is 2.37. The van der Waals surface area contributed by atoms with Gasteiger partial charge in [-0.15, -0.1) is 0 Å². The quantitative estimate of drug-likeness (QED) is 0.719. The fourth-order valence-corrected chi connectivity index (χ4v) is 3.40. The number of rotatable bonds is 7. The minimum atomic E-state index is -0.0516. The lowest BCUT2D eigenvalue weighted by molar-refractivity contribution is -0.125. The Morgan fingerprint density at radius 1 is 1.45 bits per heavy atom. The van der Waals surface area contributed by atoms with Crippen LogP contribution in [0.3, 0.4) is 0 Å². The van der Waals surface area contributed by atoms with Crippen LogP contribution in [0.5, 0.6) is 0 Å². The molecule has 2 fully saturated rings. The highest BCUT2D eigenvalue weighted by atomic mass is 16.5. The second kappa shape index (κ2) is 7.38. The molecular formula is C15H28N2O3. The van der Waals surface area contributed by atoms with Gasteiger partial charge in [0.2, 0.25) is 5.91 Å². The van der Waals surface area contributed by atoms with E-state index < -0.39 is 0 Å². The normalized spacial score (nSPS) is 26.0. The van der Waals surface area contributed by atoms with Crippen LogP contribution in [0.2, 0.25) is 0 Å². The molecule has 0 aromatic rings. The Balaban J connectivity index is 1.72. The molecule has 1 amide bonds. The number of nitrogens with one attached hydrogen (secondary N) is 1. The second-order valence-electron chi connectivity index (χ2n) is 6.36. The van der Waals surface area contributed by atoms with Crippen molar-refractivity contribution >= 4 is 5.91 Å². The van der Waals surface area contributed by atoms with E-state index in [-0.39, 0.29) is 23.8 Å². The van der Waals surface area contributed by atoms with E-state index in [9.17, 15) is 9.90 Å². The molecule has 1 saturated carbocycles. The molecule has 0 unspecified atom stereocenters. The lowest BCUT2D eigenvalue weighted by Crippen LogP contribution is -2.41. The lowest BCUT2D eigenvalue weighted by Gasteiger charge is -2.27. The van der Waals surface area contributed by atoms with E-state index in [0.29, 0.717) is 6.54 Å². The minimum absolute atomic E-state index is 0.0516. The summed E-state index contributed by atoms with van der Waals surface area (Å²) in [5.74, 6) is 0.258. The fourth-order valence-electron chi connectivity index (χ4n) is 3.40. The molecule has 0 radical (unpaired) electrons. The van der Waals surface area contributed by atoms with Crippen LogP contribution in [0.25, 0.3) is 0 Å². The van der Waals surface area contributed by atoms with Crippen LogP contribution in [0.4, 0.5) is 0 Å². The van der Waals surface area contributed by atoms with Crippen LogP contribution < -0.4 is 5.32 Å². The highest BCUT2D eigenvalue weighted by molar-refractivity contribution is 5.79. The molecule has 5 heteroatoms. The van der Waals surface area contributed by atoms with E-state index in [1.165, 1.54) is 12.8 Å². The second-order valence-corrected chi connectivity index (χ2v) is 6.36. The fraction of sp³-hybridized carbons (Fsp3) is 0.933. The van der Waals surface area contributed by atoms with Crippen LogP contribution in [0, 0.1) is 11.3 Å². The molecule has 1 aliphatic carbocycles. The first-order chi connectivity index (χ1) is 9.69. The Morgan fingerprint density at radius 2 is 2.20 bits per heavy atom. The maximum absolute atomic E-state index is 12.2. The first-order valence-corrected chi connectivity index (χ1v) is 7.79. The molecule has 1 aliphatic heterocycles. The van der Waals surface area contributed by atoms with E-state index in [1.807, 2.05) is 0 Å². The number of nitrogens with zero attached hydrogens (tertiary/aromatic N) is 1. The maximum Gasteiger partial charge on any atom is 0.224 e. The van der Waals surface area contributed by atoms with Crippen LogP contribution in [0.1, 0.15) is 32.1 Å². The number of carbonyl (C=O) groups excluding carboxylic acids is 1. The molecule has 0 bridgehead atoms. The Kier molecular flexibility index (Phi) is 5.81. The van der Waals surface area contributed by atoms with E-state index in [1.54, 1.807) is 7.11 Å². The van der Waals surface area contributed by atoms with E-state index in [4.69, 9.17) is 4.74 Å². The van der Waals surface area contributed by atoms with E-state index >= 15 is 0 Å². The summed E-state index contributed by atoms with van der Waals surface area (Å²) in [6.07, 6.45) is 5.35. The van der Waals surface area contributed by atoms with Crippen molar-refractivity contribution in [1.82, 2.24) is 10.2 Å². The number of amides is 1. The van der Waals surface area contributed by atoms with Crippen molar-refractivity contribution in [2.75, 3.05) is 46.5 Å². The monoisotopic (exact) mass is 284 g/mol. The SMILES string of the molecule is COCCN1CC[C@@H](C(=O)NCC2(CO)CCCC2)C1. The minimum Gasteiger partial charge on any atom is -0.396 e. The smallest absolute Gasteiger partial charge is 0.224 e. The number of ether oxygens (including phenoxy) is 1. The van der Waals surface area contributed by atoms with Crippen molar-refractivity contribution in [3.05, 3.63) is 0 Å². The summed E-state index contributed by atoms with van der Waals surface area (Å²) in [6.45, 7) is 4.27. The molecular weight excluding hydrogens is 256 g/mol. The Labute approximate surface area is 121 Å². The lowest BCUT2D eigenvalue weighted by atomic mass is 9.87. The first-order valence-electron chi connectivity index (χ1n) is 7.79. The van der Waals surface area contributed by atoms with Crippen LogP contribution >= 0.6 is 0 Å². The zero-order valence-electron chi connectivity index (χ0n) is 12.6. The van der Waals surface area contributed by atoms with Crippen molar-refractivity contribution in [2.24, 2.45) is 11.3 Å². The molecule has 1 saturated heterocycles. The highest BCUT2D eigenvalue weighted by Gasteiger charge is 2.35. The van der Waals surface area contributed by atoms with E-state index in [0.717, 1.165) is 45.5 Å². The standard InChI is InChI=1S/C15H28N2O3/c1-20-9-8-17-7-4-13(10-17)14(19)16-11-15(12-18)5-2-3-6-15/h13,18H,2-12H2,1H3,(H,16,19)/t13-/m1/s1. The molecule has 0 aromatic carbocycles. The summed E-state index contributed by atoms with van der Waals surface area (Å²) >= 11 is 0. The van der Waals surface area contributed by atoms with Crippen molar-refractivity contribution in [3.63, 3.8) is 0 Å². The van der Waals surface area contributed by atoms with Gasteiger partial charge in [-0.2, -0.15) is 0 Å². The maximum atomic E-state index is 12.2. The molecule has 2 aliphatic rings. The zero-order valence-corrected chi connectivity index (χ0v) is 12.6. The zero-order chi connectivity index (χ0) is 14.4. The summed E-state index contributed by atoms with van der Waals surface area (Å²) in [5.41, 5.74) is -0.0516. The average molecular weight is 284 g/mol. The third-order valence-corrected chi connectivity index (χ3v) is 4.89. The van der Waals surface area contributed by atoms with Gasteiger partial charge in [-0.3, -0.25) is 4.79 Å². The molecule has 5 nitrogen and oxygen atoms in total. The summed E-state index contributed by atoms with van der Waals surface area (Å²) in [4.78, 5) is 14.5. The number of methoxy groups -OCH3 is 1. The third kappa shape index (κ3) is 3.93. The summed E-state index contributed by atoms with van der Waals surface area (Å²) in [6, 6.07) is 0. The van der Waals surface area contributed by atoms with Gasteiger partial charge in [0.25, 0.3) is 0 Å².